The summed E-state index contributed by atoms with van der Waals surface area (Å²) in [6, 6.07) is 0. The van der Waals surface area contributed by atoms with E-state index in [1.54, 1.807) is 17.8 Å². The number of β-lactam (4-membered cyclic amide) rings is 1. The Morgan fingerprint density at radius 2 is 2.47 bits per heavy atom. The van der Waals surface area contributed by atoms with Crippen molar-refractivity contribution in [3.63, 3.8) is 0 Å². The highest BCUT2D eigenvalue weighted by Gasteiger charge is 2.44. The van der Waals surface area contributed by atoms with E-state index in [1.807, 2.05) is 19.1 Å². The lowest BCUT2D eigenvalue weighted by molar-refractivity contribution is -0.146. The summed E-state index contributed by atoms with van der Waals surface area (Å²) in [5.41, 5.74) is 0.123. The summed E-state index contributed by atoms with van der Waals surface area (Å²) >= 11 is 1.61. The number of rotatable bonds is 2. The minimum absolute atomic E-state index is 0.00907. The van der Waals surface area contributed by atoms with Gasteiger partial charge < -0.3 is 5.11 Å². The maximum absolute atomic E-state index is 11.2. The van der Waals surface area contributed by atoms with Gasteiger partial charge in [0.1, 0.15) is 5.70 Å². The Hall–Kier alpha value is -1.23. The van der Waals surface area contributed by atoms with Gasteiger partial charge in [0, 0.05) is 5.25 Å². The van der Waals surface area contributed by atoms with Crippen LogP contribution in [0.1, 0.15) is 13.3 Å². The number of hydrogen-bond donors (Lipinski definition) is 1. The molecule has 2 heterocycles. The molecule has 0 spiro atoms. The van der Waals surface area contributed by atoms with Crippen LogP contribution in [0.3, 0.4) is 0 Å². The van der Waals surface area contributed by atoms with Gasteiger partial charge in [0.05, 0.1) is 11.8 Å². The van der Waals surface area contributed by atoms with Crippen molar-refractivity contribution in [3.05, 3.63) is 23.9 Å². The SMILES string of the molecule is C/C=C/C1C=C(C(=O)O)N2C(=O)C[C@H]2S1. The maximum atomic E-state index is 11.2. The fourth-order valence-corrected chi connectivity index (χ4v) is 3.12. The lowest BCUT2D eigenvalue weighted by atomic mass is 10.1. The Bertz CT molecular complexity index is 375. The van der Waals surface area contributed by atoms with Crippen molar-refractivity contribution in [2.24, 2.45) is 0 Å². The number of carboxylic acid groups (broad SMARTS) is 1. The summed E-state index contributed by atoms with van der Waals surface area (Å²) in [5, 5.41) is 9.04. The van der Waals surface area contributed by atoms with E-state index in [0.717, 1.165) is 0 Å². The van der Waals surface area contributed by atoms with Gasteiger partial charge in [-0.25, -0.2) is 4.79 Å². The number of aliphatic carboxylic acids is 1. The molecule has 0 aromatic carbocycles. The topological polar surface area (TPSA) is 57.6 Å². The van der Waals surface area contributed by atoms with E-state index in [1.165, 1.54) is 4.90 Å². The average molecular weight is 225 g/mol. The first-order valence-electron chi connectivity index (χ1n) is 4.69. The van der Waals surface area contributed by atoms with E-state index in [0.29, 0.717) is 6.42 Å². The molecule has 2 aliphatic rings. The highest BCUT2D eigenvalue weighted by Crippen LogP contribution is 2.40. The van der Waals surface area contributed by atoms with Crippen molar-refractivity contribution in [2.45, 2.75) is 24.0 Å². The van der Waals surface area contributed by atoms with Gasteiger partial charge in [0.25, 0.3) is 0 Å². The predicted molar refractivity (Wildman–Crippen MR) is 57.2 cm³/mol. The van der Waals surface area contributed by atoms with Crippen LogP contribution in [-0.4, -0.2) is 32.5 Å². The zero-order valence-electron chi connectivity index (χ0n) is 8.21. The van der Waals surface area contributed by atoms with Crippen LogP contribution in [0.4, 0.5) is 0 Å². The summed E-state index contributed by atoms with van der Waals surface area (Å²) in [7, 11) is 0. The van der Waals surface area contributed by atoms with Crippen molar-refractivity contribution in [1.82, 2.24) is 4.90 Å². The Balaban J connectivity index is 2.28. The first-order chi connectivity index (χ1) is 7.13. The molecule has 1 fully saturated rings. The molecule has 2 atom stereocenters. The number of fused-ring (bicyclic) bond motifs is 1. The number of thioether (sulfide) groups is 1. The molecule has 80 valence electrons. The van der Waals surface area contributed by atoms with Crippen molar-refractivity contribution >= 4 is 23.6 Å². The highest BCUT2D eigenvalue weighted by atomic mass is 32.2. The predicted octanol–water partition coefficient (Wildman–Crippen LogP) is 1.20. The smallest absolute Gasteiger partial charge is 0.352 e. The Morgan fingerprint density at radius 3 is 3.00 bits per heavy atom. The normalized spacial score (nSPS) is 29.8. The molecule has 0 bridgehead atoms. The zero-order chi connectivity index (χ0) is 11.0. The van der Waals surface area contributed by atoms with Crippen LogP contribution in [0.25, 0.3) is 0 Å². The minimum Gasteiger partial charge on any atom is -0.477 e. The quantitative estimate of drug-likeness (QED) is 0.567. The zero-order valence-corrected chi connectivity index (χ0v) is 9.03. The number of nitrogens with zero attached hydrogens (tertiary/aromatic N) is 1. The van der Waals surface area contributed by atoms with E-state index >= 15 is 0 Å². The number of carbonyl (C=O) groups is 2. The molecule has 0 saturated carbocycles. The molecular formula is C10H11NO3S. The molecule has 1 saturated heterocycles. The monoisotopic (exact) mass is 225 g/mol. The van der Waals surface area contributed by atoms with Gasteiger partial charge in [-0.2, -0.15) is 0 Å². The van der Waals surface area contributed by atoms with Crippen LogP contribution < -0.4 is 0 Å². The van der Waals surface area contributed by atoms with Crippen LogP contribution in [0.2, 0.25) is 0 Å². The molecule has 0 aliphatic carbocycles. The second-order valence-corrected chi connectivity index (χ2v) is 4.77. The van der Waals surface area contributed by atoms with Crippen LogP contribution in [0, 0.1) is 0 Å². The van der Waals surface area contributed by atoms with Crippen molar-refractivity contribution in [1.29, 1.82) is 0 Å². The van der Waals surface area contributed by atoms with E-state index in [9.17, 15) is 9.59 Å². The van der Waals surface area contributed by atoms with Gasteiger partial charge in [0.15, 0.2) is 0 Å². The Labute approximate surface area is 91.6 Å². The first kappa shape index (κ1) is 10.3. The summed E-state index contributed by atoms with van der Waals surface area (Å²) in [4.78, 5) is 23.5. The number of amides is 1. The fourth-order valence-electron chi connectivity index (χ4n) is 1.71. The van der Waals surface area contributed by atoms with Gasteiger partial charge in [-0.1, -0.05) is 12.2 Å². The maximum Gasteiger partial charge on any atom is 0.352 e. The lowest BCUT2D eigenvalue weighted by Crippen LogP contribution is -2.53. The molecule has 4 nitrogen and oxygen atoms in total. The summed E-state index contributed by atoms with van der Waals surface area (Å²) in [6.07, 6.45) is 5.90. The highest BCUT2D eigenvalue weighted by molar-refractivity contribution is 8.01. The van der Waals surface area contributed by atoms with E-state index in [4.69, 9.17) is 5.11 Å². The van der Waals surface area contributed by atoms with Gasteiger partial charge in [-0.15, -0.1) is 11.8 Å². The van der Waals surface area contributed by atoms with Crippen molar-refractivity contribution < 1.29 is 14.7 Å². The lowest BCUT2D eigenvalue weighted by Gasteiger charge is -2.43. The summed E-state index contributed by atoms with van der Waals surface area (Å²) in [5.74, 6) is -1.12. The molecule has 2 rings (SSSR count). The molecule has 1 amide bonds. The molecule has 0 aromatic rings. The number of hydrogen-bond acceptors (Lipinski definition) is 3. The third kappa shape index (κ3) is 1.67. The molecule has 1 N–H and O–H groups in total. The molecule has 0 aromatic heterocycles. The van der Waals surface area contributed by atoms with Crippen LogP contribution in [-0.2, 0) is 9.59 Å². The molecule has 15 heavy (non-hydrogen) atoms. The first-order valence-corrected chi connectivity index (χ1v) is 5.63. The average Bonchev–Trinajstić information content (AvgIpc) is 2.15. The number of allylic oxidation sites excluding steroid dienone is 1. The van der Waals surface area contributed by atoms with Crippen LogP contribution in [0.5, 0.6) is 0 Å². The number of carbonyl (C=O) groups excluding carboxylic acids is 1. The second-order valence-electron chi connectivity index (χ2n) is 3.41. The molecule has 5 heteroatoms. The molecule has 2 aliphatic heterocycles. The van der Waals surface area contributed by atoms with E-state index < -0.39 is 5.97 Å². The molecule has 0 radical (unpaired) electrons. The van der Waals surface area contributed by atoms with Crippen LogP contribution in [0.15, 0.2) is 23.9 Å². The molecule has 1 unspecified atom stereocenters. The van der Waals surface area contributed by atoms with Gasteiger partial charge in [0.2, 0.25) is 5.91 Å². The summed E-state index contributed by atoms with van der Waals surface area (Å²) < 4.78 is 0. The fraction of sp³-hybridized carbons (Fsp3) is 0.400. The Kier molecular flexibility index (Phi) is 2.56. The van der Waals surface area contributed by atoms with E-state index in [2.05, 4.69) is 0 Å². The molecular weight excluding hydrogens is 214 g/mol. The van der Waals surface area contributed by atoms with Crippen LogP contribution >= 0.6 is 11.8 Å². The second kappa shape index (κ2) is 3.73. The van der Waals surface area contributed by atoms with Crippen molar-refractivity contribution in [2.75, 3.05) is 0 Å². The van der Waals surface area contributed by atoms with Gasteiger partial charge >= 0.3 is 5.97 Å². The van der Waals surface area contributed by atoms with Gasteiger partial charge in [-0.3, -0.25) is 9.69 Å². The third-order valence-electron chi connectivity index (χ3n) is 2.40. The Morgan fingerprint density at radius 1 is 1.73 bits per heavy atom. The minimum atomic E-state index is -1.03. The summed E-state index contributed by atoms with van der Waals surface area (Å²) in [6.45, 7) is 1.90. The third-order valence-corrected chi connectivity index (χ3v) is 3.70. The van der Waals surface area contributed by atoms with Gasteiger partial charge in [-0.05, 0) is 13.0 Å². The van der Waals surface area contributed by atoms with Crippen molar-refractivity contribution in [3.8, 4) is 0 Å². The van der Waals surface area contributed by atoms with E-state index in [-0.39, 0.29) is 22.2 Å². The largest absolute Gasteiger partial charge is 0.477 e. The standard InChI is InChI=1S/C10H11NO3S/c1-2-3-6-4-7(10(13)14)11-8(12)5-9(11)15-6/h2-4,6,9H,5H2,1H3,(H,13,14)/b3-2+/t6?,9-/m1/s1. The number of carboxylic acids is 1.